The summed E-state index contributed by atoms with van der Waals surface area (Å²) in [5.74, 6) is 1.81. The van der Waals surface area contributed by atoms with E-state index >= 15 is 0 Å². The van der Waals surface area contributed by atoms with Crippen molar-refractivity contribution in [3.8, 4) is 11.5 Å². The third-order valence-electron chi connectivity index (χ3n) is 6.57. The first-order chi connectivity index (χ1) is 16.8. The fourth-order valence-electron chi connectivity index (χ4n) is 4.91. The number of rotatable bonds is 8. The first kappa shape index (κ1) is 24.0. The standard InChI is InChI=1S/C24H26ClFN4O4S/c1-33-21-11-20-17(23(28-15-27-20)29-16-3-4-19(26)18(25)9-16)10-22(21)34-7-2-6-30-12-24(13-30)5-8-35(31,32)14-24/h3-4,9-11,15H,2,5-8,12-14H2,1H3,(H,27,28,29). The molecule has 1 N–H and O–H groups in total. The normalized spacial score (nSPS) is 18.5. The molecule has 2 aromatic carbocycles. The molecule has 2 aliphatic heterocycles. The first-order valence-corrected chi connectivity index (χ1v) is 13.6. The molecule has 186 valence electrons. The molecule has 0 aliphatic carbocycles. The van der Waals surface area contributed by atoms with E-state index in [4.69, 9.17) is 21.1 Å². The zero-order valence-electron chi connectivity index (χ0n) is 19.3. The third-order valence-corrected chi connectivity index (χ3v) is 8.73. The topological polar surface area (TPSA) is 93.7 Å². The number of nitrogens with zero attached hydrogens (tertiary/aromatic N) is 3. The van der Waals surface area contributed by atoms with Crippen LogP contribution >= 0.6 is 11.6 Å². The summed E-state index contributed by atoms with van der Waals surface area (Å²) in [5, 5.41) is 3.89. The van der Waals surface area contributed by atoms with Gasteiger partial charge in [-0.25, -0.2) is 22.8 Å². The van der Waals surface area contributed by atoms with Gasteiger partial charge in [-0.15, -0.1) is 0 Å². The van der Waals surface area contributed by atoms with Crippen molar-refractivity contribution >= 4 is 43.8 Å². The number of ether oxygens (including phenoxy) is 2. The maximum atomic E-state index is 13.5. The summed E-state index contributed by atoms with van der Waals surface area (Å²) < 4.78 is 48.6. The number of aromatic nitrogens is 2. The lowest BCUT2D eigenvalue weighted by Crippen LogP contribution is -2.57. The zero-order valence-corrected chi connectivity index (χ0v) is 20.8. The molecule has 2 aliphatic rings. The molecule has 8 nitrogen and oxygen atoms in total. The second-order valence-electron chi connectivity index (χ2n) is 9.25. The molecule has 11 heteroatoms. The highest BCUT2D eigenvalue weighted by atomic mass is 35.5. The van der Waals surface area contributed by atoms with Crippen LogP contribution in [0.5, 0.6) is 11.5 Å². The smallest absolute Gasteiger partial charge is 0.162 e. The van der Waals surface area contributed by atoms with Crippen LogP contribution in [0.25, 0.3) is 10.9 Å². The highest BCUT2D eigenvalue weighted by Crippen LogP contribution is 2.41. The van der Waals surface area contributed by atoms with Crippen molar-refractivity contribution in [1.82, 2.24) is 14.9 Å². The highest BCUT2D eigenvalue weighted by Gasteiger charge is 2.49. The van der Waals surface area contributed by atoms with Gasteiger partial charge in [-0.3, -0.25) is 0 Å². The largest absolute Gasteiger partial charge is 0.493 e. The van der Waals surface area contributed by atoms with Gasteiger partial charge in [0.1, 0.15) is 18.0 Å². The second kappa shape index (κ2) is 9.40. The van der Waals surface area contributed by atoms with E-state index in [-0.39, 0.29) is 10.4 Å². The molecule has 1 aromatic heterocycles. The van der Waals surface area contributed by atoms with Crippen LogP contribution in [0, 0.1) is 11.2 Å². The van der Waals surface area contributed by atoms with Crippen molar-refractivity contribution in [3.63, 3.8) is 0 Å². The van der Waals surface area contributed by atoms with Crippen molar-refractivity contribution in [3.05, 3.63) is 47.5 Å². The number of likely N-dealkylation sites (tertiary alicyclic amines) is 1. The molecular weight excluding hydrogens is 495 g/mol. The number of halogens is 2. The van der Waals surface area contributed by atoms with Crippen molar-refractivity contribution in [2.45, 2.75) is 12.8 Å². The van der Waals surface area contributed by atoms with Crippen LogP contribution in [0.15, 0.2) is 36.7 Å². The van der Waals surface area contributed by atoms with E-state index in [1.807, 2.05) is 6.07 Å². The maximum Gasteiger partial charge on any atom is 0.162 e. The minimum absolute atomic E-state index is 0.0155. The van der Waals surface area contributed by atoms with Gasteiger partial charge < -0.3 is 19.7 Å². The SMILES string of the molecule is COc1cc2ncnc(Nc3ccc(F)c(Cl)c3)c2cc1OCCCN1CC2(CCS(=O)(=O)C2)C1. The molecule has 0 bridgehead atoms. The van der Waals surface area contributed by atoms with Gasteiger partial charge in [-0.1, -0.05) is 11.6 Å². The number of methoxy groups -OCH3 is 1. The molecule has 2 saturated heterocycles. The van der Waals surface area contributed by atoms with Crippen LogP contribution in [0.1, 0.15) is 12.8 Å². The quantitative estimate of drug-likeness (QED) is 0.444. The Bertz CT molecular complexity index is 1370. The zero-order chi connectivity index (χ0) is 24.6. The van der Waals surface area contributed by atoms with E-state index < -0.39 is 15.7 Å². The predicted molar refractivity (Wildman–Crippen MR) is 133 cm³/mol. The van der Waals surface area contributed by atoms with Gasteiger partial charge in [0.15, 0.2) is 21.3 Å². The Morgan fingerprint density at radius 1 is 1.20 bits per heavy atom. The van der Waals surface area contributed by atoms with E-state index in [2.05, 4.69) is 20.2 Å². The molecule has 0 unspecified atom stereocenters. The van der Waals surface area contributed by atoms with Gasteiger partial charge >= 0.3 is 0 Å². The van der Waals surface area contributed by atoms with Gasteiger partial charge in [0.2, 0.25) is 0 Å². The van der Waals surface area contributed by atoms with Gasteiger partial charge in [0.05, 0.1) is 35.8 Å². The van der Waals surface area contributed by atoms with Crippen LogP contribution in [-0.4, -0.2) is 68.1 Å². The lowest BCUT2D eigenvalue weighted by Gasteiger charge is -2.47. The molecule has 0 amide bonds. The number of hydrogen-bond acceptors (Lipinski definition) is 8. The summed E-state index contributed by atoms with van der Waals surface area (Å²) in [5.41, 5.74) is 1.23. The summed E-state index contributed by atoms with van der Waals surface area (Å²) in [6, 6.07) is 7.97. The van der Waals surface area contributed by atoms with Crippen molar-refractivity contribution in [2.75, 3.05) is 50.2 Å². The van der Waals surface area contributed by atoms with Crippen LogP contribution in [0.3, 0.4) is 0 Å². The Labute approximate surface area is 208 Å². The average Bonchev–Trinajstić information content (AvgIpc) is 3.14. The summed E-state index contributed by atoms with van der Waals surface area (Å²) in [6.45, 7) is 3.00. The van der Waals surface area contributed by atoms with Gasteiger partial charge in [-0.05, 0) is 37.1 Å². The number of hydrogen-bond donors (Lipinski definition) is 1. The Hall–Kier alpha value is -2.69. The number of sulfone groups is 1. The minimum atomic E-state index is -2.86. The van der Waals surface area contributed by atoms with Crippen LogP contribution in [0.4, 0.5) is 15.9 Å². The number of fused-ring (bicyclic) bond motifs is 1. The van der Waals surface area contributed by atoms with Crippen LogP contribution in [0.2, 0.25) is 5.02 Å². The van der Waals surface area contributed by atoms with E-state index in [0.717, 1.165) is 37.9 Å². The highest BCUT2D eigenvalue weighted by molar-refractivity contribution is 7.91. The predicted octanol–water partition coefficient (Wildman–Crippen LogP) is 4.06. The molecule has 3 heterocycles. The number of benzene rings is 2. The number of nitrogens with one attached hydrogen (secondary N) is 1. The Morgan fingerprint density at radius 3 is 2.74 bits per heavy atom. The van der Waals surface area contributed by atoms with E-state index in [1.165, 1.54) is 18.5 Å². The Morgan fingerprint density at radius 2 is 2.03 bits per heavy atom. The van der Waals surface area contributed by atoms with Crippen LogP contribution < -0.4 is 14.8 Å². The number of anilines is 2. The Kier molecular flexibility index (Phi) is 6.45. The third kappa shape index (κ3) is 5.14. The fraction of sp³-hybridized carbons (Fsp3) is 0.417. The lowest BCUT2D eigenvalue weighted by atomic mass is 9.79. The average molecular weight is 521 g/mol. The first-order valence-electron chi connectivity index (χ1n) is 11.4. The second-order valence-corrected chi connectivity index (χ2v) is 11.8. The molecule has 1 spiro atoms. The maximum absolute atomic E-state index is 13.5. The molecule has 35 heavy (non-hydrogen) atoms. The van der Waals surface area contributed by atoms with E-state index in [1.54, 1.807) is 19.2 Å². The molecule has 5 rings (SSSR count). The molecule has 2 fully saturated rings. The van der Waals surface area contributed by atoms with E-state index in [0.29, 0.717) is 46.6 Å². The Balaban J connectivity index is 1.24. The molecule has 0 atom stereocenters. The monoisotopic (exact) mass is 520 g/mol. The van der Waals surface area contributed by atoms with Crippen LogP contribution in [-0.2, 0) is 9.84 Å². The summed E-state index contributed by atoms with van der Waals surface area (Å²) in [7, 11) is -1.28. The van der Waals surface area contributed by atoms with Gasteiger partial charge in [0.25, 0.3) is 0 Å². The summed E-state index contributed by atoms with van der Waals surface area (Å²) >= 11 is 5.90. The fourth-order valence-corrected chi connectivity index (χ4v) is 7.24. The lowest BCUT2D eigenvalue weighted by molar-refractivity contribution is 0.0185. The molecular formula is C24H26ClFN4O4S. The van der Waals surface area contributed by atoms with Crippen molar-refractivity contribution in [1.29, 1.82) is 0 Å². The van der Waals surface area contributed by atoms with Crippen molar-refractivity contribution < 1.29 is 22.3 Å². The molecule has 0 saturated carbocycles. The summed E-state index contributed by atoms with van der Waals surface area (Å²) in [6.07, 6.45) is 3.01. The van der Waals surface area contributed by atoms with Gasteiger partial charge in [-0.2, -0.15) is 0 Å². The minimum Gasteiger partial charge on any atom is -0.493 e. The molecule has 0 radical (unpaired) electrons. The van der Waals surface area contributed by atoms with Crippen molar-refractivity contribution in [2.24, 2.45) is 5.41 Å². The molecule has 3 aromatic rings. The summed E-state index contributed by atoms with van der Waals surface area (Å²) in [4.78, 5) is 10.9. The van der Waals surface area contributed by atoms with E-state index in [9.17, 15) is 12.8 Å². The van der Waals surface area contributed by atoms with Gasteiger partial charge in [0, 0.05) is 42.2 Å².